The van der Waals surface area contributed by atoms with Crippen molar-refractivity contribution in [2.24, 2.45) is 0 Å². The van der Waals surface area contributed by atoms with E-state index in [1.165, 1.54) is 12.1 Å². The minimum absolute atomic E-state index is 0.0569. The van der Waals surface area contributed by atoms with Crippen LogP contribution in [0.1, 0.15) is 68.7 Å². The number of amides is 1. The third-order valence-electron chi connectivity index (χ3n) is 8.27. The van der Waals surface area contributed by atoms with Crippen molar-refractivity contribution in [3.05, 3.63) is 64.8 Å². The zero-order valence-corrected chi connectivity index (χ0v) is 25.9. The highest BCUT2D eigenvalue weighted by molar-refractivity contribution is 6.06. The lowest BCUT2D eigenvalue weighted by molar-refractivity contribution is -0.137. The zero-order valence-electron chi connectivity index (χ0n) is 25.9. The van der Waals surface area contributed by atoms with Crippen molar-refractivity contribution < 1.29 is 36.6 Å². The Labute approximate surface area is 263 Å². The summed E-state index contributed by atoms with van der Waals surface area (Å²) in [6, 6.07) is 9.92. The number of nitrogens with one attached hydrogen (secondary N) is 3. The smallest absolute Gasteiger partial charge is 0.421 e. The van der Waals surface area contributed by atoms with Crippen LogP contribution in [0.25, 0.3) is 0 Å². The van der Waals surface area contributed by atoms with Gasteiger partial charge in [-0.1, -0.05) is 18.2 Å². The molecule has 0 aliphatic carbocycles. The largest absolute Gasteiger partial charge is 0.433 e. The van der Waals surface area contributed by atoms with Crippen LogP contribution in [0.2, 0.25) is 0 Å². The van der Waals surface area contributed by atoms with Crippen molar-refractivity contribution >= 4 is 29.0 Å². The highest BCUT2D eigenvalue weighted by atomic mass is 19.4. The SMILES string of the molecule is CC(C)(O)CN1CCC(c2ccc(Nc3ncc(C(F)(F)F)c(NCc4cccc5c4C(C)(C)C(=O)N5)n3)c(OC(F)F)c2)CC1. The van der Waals surface area contributed by atoms with E-state index in [2.05, 4.69) is 30.8 Å². The Hall–Kier alpha value is -4.04. The summed E-state index contributed by atoms with van der Waals surface area (Å²) >= 11 is 0. The molecule has 1 aromatic heterocycles. The van der Waals surface area contributed by atoms with Crippen LogP contribution in [0.15, 0.2) is 42.6 Å². The van der Waals surface area contributed by atoms with Gasteiger partial charge in [-0.15, -0.1) is 0 Å². The van der Waals surface area contributed by atoms with Crippen molar-refractivity contribution in [2.75, 3.05) is 35.6 Å². The molecule has 46 heavy (non-hydrogen) atoms. The van der Waals surface area contributed by atoms with E-state index >= 15 is 0 Å². The summed E-state index contributed by atoms with van der Waals surface area (Å²) in [6.45, 7) is 5.71. The number of hydrogen-bond donors (Lipinski definition) is 4. The van der Waals surface area contributed by atoms with Crippen molar-refractivity contribution in [2.45, 2.75) is 76.8 Å². The van der Waals surface area contributed by atoms with E-state index in [0.29, 0.717) is 29.6 Å². The van der Waals surface area contributed by atoms with E-state index < -0.39 is 35.2 Å². The lowest BCUT2D eigenvalue weighted by Gasteiger charge is -2.35. The van der Waals surface area contributed by atoms with Gasteiger partial charge in [0, 0.05) is 25.0 Å². The summed E-state index contributed by atoms with van der Waals surface area (Å²) in [5.41, 5.74) is -0.127. The fraction of sp³-hybridized carbons (Fsp3) is 0.469. The maximum atomic E-state index is 13.9. The van der Waals surface area contributed by atoms with Crippen LogP contribution in [0.5, 0.6) is 5.75 Å². The molecule has 0 radical (unpaired) electrons. The molecule has 0 unspecified atom stereocenters. The second-order valence-corrected chi connectivity index (χ2v) is 12.8. The fourth-order valence-electron chi connectivity index (χ4n) is 6.13. The van der Waals surface area contributed by atoms with Gasteiger partial charge in [0.2, 0.25) is 11.9 Å². The Bertz CT molecular complexity index is 1580. The maximum Gasteiger partial charge on any atom is 0.421 e. The minimum Gasteiger partial charge on any atom is -0.433 e. The van der Waals surface area contributed by atoms with E-state index in [1.807, 2.05) is 0 Å². The van der Waals surface area contributed by atoms with Crippen molar-refractivity contribution in [1.82, 2.24) is 14.9 Å². The normalized spacial score (nSPS) is 17.2. The second kappa shape index (κ2) is 12.6. The molecule has 2 aromatic carbocycles. The van der Waals surface area contributed by atoms with Gasteiger partial charge in [0.1, 0.15) is 17.1 Å². The maximum absolute atomic E-state index is 13.9. The van der Waals surface area contributed by atoms with E-state index in [4.69, 9.17) is 4.74 Å². The average molecular weight is 649 g/mol. The van der Waals surface area contributed by atoms with Gasteiger partial charge in [-0.3, -0.25) is 4.79 Å². The molecule has 0 saturated carbocycles. The number of carbonyl (C=O) groups is 1. The van der Waals surface area contributed by atoms with Gasteiger partial charge in [0.15, 0.2) is 0 Å². The highest BCUT2D eigenvalue weighted by Crippen LogP contribution is 2.41. The number of anilines is 4. The van der Waals surface area contributed by atoms with Crippen LogP contribution < -0.4 is 20.7 Å². The van der Waals surface area contributed by atoms with Gasteiger partial charge in [-0.05, 0) is 94.4 Å². The molecule has 3 heterocycles. The van der Waals surface area contributed by atoms with Gasteiger partial charge < -0.3 is 30.7 Å². The van der Waals surface area contributed by atoms with Gasteiger partial charge in [-0.25, -0.2) is 4.98 Å². The molecule has 0 atom stereocenters. The number of ether oxygens (including phenoxy) is 1. The molecule has 0 bridgehead atoms. The Kier molecular flexibility index (Phi) is 9.15. The summed E-state index contributed by atoms with van der Waals surface area (Å²) < 4.78 is 73.5. The molecule has 4 N–H and O–H groups in total. The average Bonchev–Trinajstić information content (AvgIpc) is 3.19. The number of piperidine rings is 1. The third kappa shape index (κ3) is 7.49. The summed E-state index contributed by atoms with van der Waals surface area (Å²) in [5.74, 6) is -1.13. The highest BCUT2D eigenvalue weighted by Gasteiger charge is 2.40. The molecule has 0 spiro atoms. The standard InChI is InChI=1S/C32H37F5N6O3/c1-30(2,45)17-43-12-10-18(11-13-43)19-8-9-22(24(14-19)46-28(33)34)41-29-39-16-21(32(35,36)37)26(42-29)38-15-20-6-5-7-23-25(20)31(3,4)27(44)40-23/h5-9,14,16,18,28,45H,10-13,15,17H2,1-4H3,(H,40,44)(H2,38,39,41,42). The number of fused-ring (bicyclic) bond motifs is 1. The number of hydrogen-bond acceptors (Lipinski definition) is 8. The van der Waals surface area contributed by atoms with Gasteiger partial charge in [-0.2, -0.15) is 26.9 Å². The van der Waals surface area contributed by atoms with E-state index in [0.717, 1.165) is 31.5 Å². The number of halogens is 5. The molecule has 5 rings (SSSR count). The van der Waals surface area contributed by atoms with Crippen molar-refractivity contribution in [3.63, 3.8) is 0 Å². The molecule has 1 amide bonds. The molecule has 1 saturated heterocycles. The molecule has 9 nitrogen and oxygen atoms in total. The van der Waals surface area contributed by atoms with Crippen molar-refractivity contribution in [1.29, 1.82) is 0 Å². The second-order valence-electron chi connectivity index (χ2n) is 12.8. The number of benzene rings is 2. The number of alkyl halides is 5. The summed E-state index contributed by atoms with van der Waals surface area (Å²) in [4.78, 5) is 22.5. The van der Waals surface area contributed by atoms with Crippen LogP contribution in [0, 0.1) is 0 Å². The molecule has 2 aliphatic rings. The van der Waals surface area contributed by atoms with E-state index in [1.54, 1.807) is 52.0 Å². The first-order valence-corrected chi connectivity index (χ1v) is 14.9. The van der Waals surface area contributed by atoms with Gasteiger partial charge in [0.05, 0.1) is 16.7 Å². The first-order chi connectivity index (χ1) is 21.5. The topological polar surface area (TPSA) is 112 Å². The van der Waals surface area contributed by atoms with Gasteiger partial charge >= 0.3 is 12.8 Å². The molecule has 248 valence electrons. The Morgan fingerprint density at radius 2 is 1.87 bits per heavy atom. The fourth-order valence-corrected chi connectivity index (χ4v) is 6.13. The van der Waals surface area contributed by atoms with Gasteiger partial charge in [0.25, 0.3) is 0 Å². The number of β-amino-alcohol motifs (C(OH)–C–C–N with tert-alkyl or cyclic N) is 1. The Morgan fingerprint density at radius 3 is 2.52 bits per heavy atom. The van der Waals surface area contributed by atoms with E-state index in [-0.39, 0.29) is 35.8 Å². The molecular weight excluding hydrogens is 611 g/mol. The first-order valence-electron chi connectivity index (χ1n) is 14.9. The molecule has 1 fully saturated rings. The number of nitrogens with zero attached hydrogens (tertiary/aromatic N) is 3. The van der Waals surface area contributed by atoms with Crippen LogP contribution in [0.3, 0.4) is 0 Å². The number of aromatic nitrogens is 2. The zero-order chi connectivity index (χ0) is 33.4. The molecule has 2 aliphatic heterocycles. The monoisotopic (exact) mass is 648 g/mol. The van der Waals surface area contributed by atoms with Crippen LogP contribution >= 0.6 is 0 Å². The number of rotatable bonds is 10. The lowest BCUT2D eigenvalue weighted by atomic mass is 9.83. The Balaban J connectivity index is 1.38. The quantitative estimate of drug-likeness (QED) is 0.181. The summed E-state index contributed by atoms with van der Waals surface area (Å²) in [7, 11) is 0. The third-order valence-corrected chi connectivity index (χ3v) is 8.27. The predicted molar refractivity (Wildman–Crippen MR) is 164 cm³/mol. The summed E-state index contributed by atoms with van der Waals surface area (Å²) in [5, 5.41) is 18.4. The number of likely N-dealkylation sites (tertiary alicyclic amines) is 1. The van der Waals surface area contributed by atoms with Crippen LogP contribution in [-0.4, -0.2) is 57.7 Å². The minimum atomic E-state index is -4.79. The number of aliphatic hydroxyl groups is 1. The summed E-state index contributed by atoms with van der Waals surface area (Å²) in [6.07, 6.45) is -2.67. The van der Waals surface area contributed by atoms with E-state index in [9.17, 15) is 31.9 Å². The predicted octanol–water partition coefficient (Wildman–Crippen LogP) is 6.63. The molecule has 3 aromatic rings. The number of carbonyl (C=O) groups excluding carboxylic acids is 1. The molecule has 14 heteroatoms. The Morgan fingerprint density at radius 1 is 1.15 bits per heavy atom. The van der Waals surface area contributed by atoms with Crippen molar-refractivity contribution in [3.8, 4) is 5.75 Å². The first kappa shape index (κ1) is 33.3. The van der Waals surface area contributed by atoms with Crippen LogP contribution in [-0.2, 0) is 22.9 Å². The van der Waals surface area contributed by atoms with Crippen LogP contribution in [0.4, 0.5) is 45.1 Å². The lowest BCUT2D eigenvalue weighted by Crippen LogP contribution is -2.42. The molecular formula is C32H37F5N6O3.